The van der Waals surface area contributed by atoms with Crippen LogP contribution in [0.4, 0.5) is 8.78 Å². The lowest BCUT2D eigenvalue weighted by molar-refractivity contribution is 0.504. The highest BCUT2D eigenvalue weighted by Gasteiger charge is 2.17. The maximum Gasteiger partial charge on any atom is 0.167 e. The first-order valence-electron chi connectivity index (χ1n) is 10.1. The average molecular weight is 381 g/mol. The molecule has 0 spiro atoms. The van der Waals surface area contributed by atoms with Gasteiger partial charge in [0.1, 0.15) is 0 Å². The van der Waals surface area contributed by atoms with Crippen LogP contribution in [0.15, 0.2) is 72.4 Å². The molecule has 1 aliphatic carbocycles. The third-order valence-corrected chi connectivity index (χ3v) is 4.97. The van der Waals surface area contributed by atoms with Gasteiger partial charge in [-0.3, -0.25) is 0 Å². The molecule has 0 heterocycles. The summed E-state index contributed by atoms with van der Waals surface area (Å²) in [7, 11) is 0. The van der Waals surface area contributed by atoms with E-state index in [1.807, 2.05) is 37.3 Å². The minimum absolute atomic E-state index is 0.272. The molecule has 0 N–H and O–H groups in total. The van der Waals surface area contributed by atoms with Gasteiger partial charge in [0.05, 0.1) is 0 Å². The molecule has 0 atom stereocenters. The van der Waals surface area contributed by atoms with Gasteiger partial charge < -0.3 is 0 Å². The Morgan fingerprint density at radius 1 is 1.07 bits per heavy atom. The third-order valence-electron chi connectivity index (χ3n) is 4.97. The fourth-order valence-corrected chi connectivity index (χ4v) is 3.16. The summed E-state index contributed by atoms with van der Waals surface area (Å²) in [6.07, 6.45) is 18.1. The Kier molecular flexibility index (Phi) is 8.38. The fourth-order valence-electron chi connectivity index (χ4n) is 3.16. The second-order valence-corrected chi connectivity index (χ2v) is 6.99. The van der Waals surface area contributed by atoms with Crippen molar-refractivity contribution in [3.05, 3.63) is 95.2 Å². The Balaban J connectivity index is 2.29. The lowest BCUT2D eigenvalue weighted by Gasteiger charge is -2.10. The Labute approximate surface area is 168 Å². The van der Waals surface area contributed by atoms with E-state index >= 15 is 0 Å². The highest BCUT2D eigenvalue weighted by atomic mass is 19.2. The second kappa shape index (κ2) is 10.8. The maximum absolute atomic E-state index is 14.9. The van der Waals surface area contributed by atoms with Gasteiger partial charge in [-0.1, -0.05) is 92.7 Å². The smallest absolute Gasteiger partial charge is 0.167 e. The average Bonchev–Trinajstić information content (AvgIpc) is 2.95. The van der Waals surface area contributed by atoms with Crippen LogP contribution in [-0.2, 0) is 0 Å². The van der Waals surface area contributed by atoms with E-state index in [2.05, 4.69) is 26.5 Å². The SMILES string of the molecule is C=C(/C=C\C(=C/C)c1ccc(C2=CCC=C(CC)C=C2)c(F)c1F)CCCC. The zero-order chi connectivity index (χ0) is 20.5. The first-order valence-corrected chi connectivity index (χ1v) is 10.1. The standard InChI is InChI=1S/C26H30F2/c1-5-8-10-19(4)13-15-21(7-3)23-17-18-24(26(28)25(23)27)22-12-9-11-20(6-2)14-16-22/h7,11-18H,4-6,8-10H2,1-3H3/b15-13-,21-7+. The number of allylic oxidation sites excluding steroid dienone is 11. The van der Waals surface area contributed by atoms with Crippen LogP contribution in [0.1, 0.15) is 64.0 Å². The monoisotopic (exact) mass is 380 g/mol. The minimum atomic E-state index is -0.809. The van der Waals surface area contributed by atoms with Gasteiger partial charge in [-0.25, -0.2) is 8.78 Å². The van der Waals surface area contributed by atoms with Gasteiger partial charge in [0, 0.05) is 11.1 Å². The summed E-state index contributed by atoms with van der Waals surface area (Å²) >= 11 is 0. The number of hydrogen-bond donors (Lipinski definition) is 0. The van der Waals surface area contributed by atoms with Crippen LogP contribution in [0.2, 0.25) is 0 Å². The van der Waals surface area contributed by atoms with E-state index in [-0.39, 0.29) is 5.56 Å². The van der Waals surface area contributed by atoms with Crippen molar-refractivity contribution in [3.8, 4) is 0 Å². The molecular formula is C26H30F2. The first kappa shape index (κ1) is 21.8. The van der Waals surface area contributed by atoms with E-state index in [1.165, 1.54) is 5.57 Å². The molecule has 0 saturated carbocycles. The second-order valence-electron chi connectivity index (χ2n) is 6.99. The van der Waals surface area contributed by atoms with Gasteiger partial charge in [0.25, 0.3) is 0 Å². The molecule has 0 unspecified atom stereocenters. The van der Waals surface area contributed by atoms with E-state index in [4.69, 9.17) is 0 Å². The van der Waals surface area contributed by atoms with Crippen LogP contribution in [0.5, 0.6) is 0 Å². The summed E-state index contributed by atoms with van der Waals surface area (Å²) in [6.45, 7) is 10.1. The molecule has 0 nitrogen and oxygen atoms in total. The van der Waals surface area contributed by atoms with E-state index in [1.54, 1.807) is 18.2 Å². The Hall–Kier alpha value is -2.48. The zero-order valence-corrected chi connectivity index (χ0v) is 17.2. The van der Waals surface area contributed by atoms with Crippen LogP contribution >= 0.6 is 0 Å². The van der Waals surface area contributed by atoms with Crippen molar-refractivity contribution < 1.29 is 8.78 Å². The molecule has 0 radical (unpaired) electrons. The summed E-state index contributed by atoms with van der Waals surface area (Å²) in [5, 5.41) is 0. The van der Waals surface area contributed by atoms with Crippen molar-refractivity contribution in [3.63, 3.8) is 0 Å². The molecule has 148 valence electrons. The molecule has 0 fully saturated rings. The quantitative estimate of drug-likeness (QED) is 0.397. The van der Waals surface area contributed by atoms with Crippen molar-refractivity contribution in [1.82, 2.24) is 0 Å². The number of rotatable bonds is 8. The summed E-state index contributed by atoms with van der Waals surface area (Å²) in [4.78, 5) is 0. The molecule has 0 bridgehead atoms. The fraction of sp³-hybridized carbons (Fsp3) is 0.308. The lowest BCUT2D eigenvalue weighted by atomic mass is 9.97. The topological polar surface area (TPSA) is 0 Å². The predicted molar refractivity (Wildman–Crippen MR) is 118 cm³/mol. The molecule has 1 aromatic carbocycles. The number of hydrogen-bond acceptors (Lipinski definition) is 0. The Morgan fingerprint density at radius 2 is 1.86 bits per heavy atom. The third kappa shape index (κ3) is 5.51. The van der Waals surface area contributed by atoms with Crippen molar-refractivity contribution in [2.24, 2.45) is 0 Å². The molecule has 0 amide bonds. The summed E-state index contributed by atoms with van der Waals surface area (Å²) < 4.78 is 29.8. The van der Waals surface area contributed by atoms with Crippen molar-refractivity contribution >= 4 is 11.1 Å². The van der Waals surface area contributed by atoms with Crippen LogP contribution in [0.25, 0.3) is 11.1 Å². The summed E-state index contributed by atoms with van der Waals surface area (Å²) in [5.74, 6) is -1.61. The van der Waals surface area contributed by atoms with E-state index in [9.17, 15) is 8.78 Å². The molecule has 0 saturated heterocycles. The normalized spacial score (nSPS) is 14.8. The van der Waals surface area contributed by atoms with Gasteiger partial charge in [-0.15, -0.1) is 0 Å². The molecule has 0 aliphatic heterocycles. The van der Waals surface area contributed by atoms with Gasteiger partial charge >= 0.3 is 0 Å². The van der Waals surface area contributed by atoms with E-state index in [0.29, 0.717) is 16.7 Å². The van der Waals surface area contributed by atoms with Crippen LogP contribution in [0.3, 0.4) is 0 Å². The molecule has 2 rings (SSSR count). The van der Waals surface area contributed by atoms with Gasteiger partial charge in [0.15, 0.2) is 11.6 Å². The van der Waals surface area contributed by atoms with Gasteiger partial charge in [0.2, 0.25) is 0 Å². The molecule has 1 aromatic rings. The molecule has 1 aliphatic rings. The number of unbranched alkanes of at least 4 members (excludes halogenated alkanes) is 1. The number of halogens is 2. The molecule has 0 aromatic heterocycles. The van der Waals surface area contributed by atoms with Crippen molar-refractivity contribution in [2.45, 2.75) is 52.9 Å². The van der Waals surface area contributed by atoms with Gasteiger partial charge in [-0.05, 0) is 43.8 Å². The predicted octanol–water partition coefficient (Wildman–Crippen LogP) is 8.35. The number of benzene rings is 1. The van der Waals surface area contributed by atoms with Gasteiger partial charge in [-0.2, -0.15) is 0 Å². The first-order chi connectivity index (χ1) is 13.5. The highest BCUT2D eigenvalue weighted by Crippen LogP contribution is 2.30. The van der Waals surface area contributed by atoms with Crippen molar-refractivity contribution in [1.29, 1.82) is 0 Å². The highest BCUT2D eigenvalue weighted by molar-refractivity contribution is 5.79. The zero-order valence-electron chi connectivity index (χ0n) is 17.2. The summed E-state index contributed by atoms with van der Waals surface area (Å²) in [5.41, 5.74) is 4.14. The van der Waals surface area contributed by atoms with E-state index < -0.39 is 11.6 Å². The largest absolute Gasteiger partial charge is 0.203 e. The Bertz CT molecular complexity index is 861. The Morgan fingerprint density at radius 3 is 2.54 bits per heavy atom. The van der Waals surface area contributed by atoms with Crippen LogP contribution in [-0.4, -0.2) is 0 Å². The van der Waals surface area contributed by atoms with Crippen LogP contribution < -0.4 is 0 Å². The molecule has 28 heavy (non-hydrogen) atoms. The van der Waals surface area contributed by atoms with Crippen molar-refractivity contribution in [2.75, 3.05) is 0 Å². The molecular weight excluding hydrogens is 350 g/mol. The summed E-state index contributed by atoms with van der Waals surface area (Å²) in [6, 6.07) is 3.33. The minimum Gasteiger partial charge on any atom is -0.203 e. The van der Waals surface area contributed by atoms with E-state index in [0.717, 1.165) is 37.7 Å². The molecule has 2 heteroatoms. The van der Waals surface area contributed by atoms with Crippen LogP contribution in [0, 0.1) is 11.6 Å². The lowest BCUT2D eigenvalue weighted by Crippen LogP contribution is -1.98. The maximum atomic E-state index is 14.9.